The molecule has 1 unspecified atom stereocenters. The van der Waals surface area contributed by atoms with Crippen LogP contribution < -0.4 is 16.6 Å². The fraction of sp³-hybridized carbons (Fsp3) is 0.227. The molecule has 10 nitrogen and oxygen atoms in total. The number of carboxylic acid groups (broad SMARTS) is 1. The van der Waals surface area contributed by atoms with E-state index in [9.17, 15) is 24.3 Å². The van der Waals surface area contributed by atoms with Crippen molar-refractivity contribution in [2.45, 2.75) is 21.3 Å². The third kappa shape index (κ3) is 6.47. The highest BCUT2D eigenvalue weighted by Gasteiger charge is 2.53. The van der Waals surface area contributed by atoms with Crippen molar-refractivity contribution in [2.75, 3.05) is 23.0 Å². The highest BCUT2D eigenvalue weighted by Crippen LogP contribution is 2.41. The first-order valence-electron chi connectivity index (χ1n) is 10.6. The van der Waals surface area contributed by atoms with E-state index in [1.54, 1.807) is 30.4 Å². The molecule has 2 atom stereocenters. The molecular weight excluding hydrogens is 581 g/mol. The number of rotatable bonds is 9. The zero-order valence-corrected chi connectivity index (χ0v) is 22.7. The van der Waals surface area contributed by atoms with Crippen molar-refractivity contribution in [1.82, 2.24) is 20.2 Å². The molecule has 5 N–H and O–H groups in total. The number of hydrogen-bond acceptors (Lipinski definition) is 9. The number of nitrogens with two attached hydrogens (primary N) is 1. The van der Waals surface area contributed by atoms with E-state index in [-0.39, 0.29) is 28.9 Å². The molecule has 15 heteroatoms. The van der Waals surface area contributed by atoms with Crippen molar-refractivity contribution >= 4 is 82.2 Å². The van der Waals surface area contributed by atoms with Gasteiger partial charge in [0.05, 0.1) is 10.8 Å². The number of H-pyrrole nitrogens is 1. The topological polar surface area (TPSA) is 158 Å². The van der Waals surface area contributed by atoms with Gasteiger partial charge in [0.25, 0.3) is 11.5 Å². The van der Waals surface area contributed by atoms with Gasteiger partial charge in [-0.15, -0.1) is 35.3 Å². The minimum atomic E-state index is -1.23. The SMILES string of the molecule is Nc1nc(SC/C=C/C2=C(C(=O)O)N3C(=O)C(NC(=O)CSc4cc(Cl)ccc4Cl)[C@H]3SC2)cc(=O)[nH]1. The molecule has 2 aliphatic rings. The van der Waals surface area contributed by atoms with Gasteiger partial charge in [0.15, 0.2) is 0 Å². The van der Waals surface area contributed by atoms with Gasteiger partial charge in [0.2, 0.25) is 11.9 Å². The van der Waals surface area contributed by atoms with Gasteiger partial charge in [-0.1, -0.05) is 35.4 Å². The van der Waals surface area contributed by atoms with Gasteiger partial charge in [-0.05, 0) is 23.8 Å². The summed E-state index contributed by atoms with van der Waals surface area (Å²) in [5.74, 6) is -1.33. The van der Waals surface area contributed by atoms with Gasteiger partial charge in [0.1, 0.15) is 22.1 Å². The van der Waals surface area contributed by atoms with Crippen LogP contribution in [0.2, 0.25) is 10.0 Å². The Balaban J connectivity index is 1.37. The van der Waals surface area contributed by atoms with E-state index in [2.05, 4.69) is 15.3 Å². The second-order valence-electron chi connectivity index (χ2n) is 7.68. The first-order chi connectivity index (χ1) is 17.6. The summed E-state index contributed by atoms with van der Waals surface area (Å²) in [5, 5.41) is 13.4. The third-order valence-electron chi connectivity index (χ3n) is 5.15. The molecule has 4 rings (SSSR count). The first-order valence-corrected chi connectivity index (χ1v) is 14.4. The normalized spacial score (nSPS) is 19.1. The Morgan fingerprint density at radius 1 is 1.30 bits per heavy atom. The van der Waals surface area contributed by atoms with E-state index in [0.29, 0.717) is 37.0 Å². The number of β-lactam (4-membered cyclic amide) rings is 1. The van der Waals surface area contributed by atoms with Crippen molar-refractivity contribution in [2.24, 2.45) is 0 Å². The molecule has 1 saturated heterocycles. The van der Waals surface area contributed by atoms with Gasteiger partial charge in [-0.2, -0.15) is 0 Å². The number of halogens is 2. The number of carboxylic acids is 1. The zero-order valence-electron chi connectivity index (χ0n) is 18.8. The van der Waals surface area contributed by atoms with Crippen LogP contribution in [0.25, 0.3) is 0 Å². The maximum Gasteiger partial charge on any atom is 0.352 e. The van der Waals surface area contributed by atoms with Crippen molar-refractivity contribution in [1.29, 1.82) is 0 Å². The van der Waals surface area contributed by atoms with Crippen LogP contribution in [0.1, 0.15) is 0 Å². The smallest absolute Gasteiger partial charge is 0.352 e. The van der Waals surface area contributed by atoms with E-state index in [4.69, 9.17) is 28.9 Å². The lowest BCUT2D eigenvalue weighted by atomic mass is 10.0. The number of thioether (sulfide) groups is 3. The molecule has 194 valence electrons. The Kier molecular flexibility index (Phi) is 8.80. The van der Waals surface area contributed by atoms with Crippen LogP contribution in [-0.2, 0) is 14.4 Å². The van der Waals surface area contributed by atoms with Crippen molar-refractivity contribution in [3.05, 3.63) is 68.1 Å². The molecule has 0 bridgehead atoms. The van der Waals surface area contributed by atoms with Crippen LogP contribution >= 0.6 is 58.5 Å². The van der Waals surface area contributed by atoms with E-state index in [1.165, 1.54) is 46.3 Å². The monoisotopic (exact) mass is 599 g/mol. The number of nitrogens with zero attached hydrogens (tertiary/aromatic N) is 2. The number of amides is 2. The maximum absolute atomic E-state index is 12.8. The van der Waals surface area contributed by atoms with Crippen LogP contribution in [0.5, 0.6) is 0 Å². The van der Waals surface area contributed by atoms with E-state index < -0.39 is 23.3 Å². The molecule has 37 heavy (non-hydrogen) atoms. The number of hydrogen-bond donors (Lipinski definition) is 4. The second kappa shape index (κ2) is 11.9. The lowest BCUT2D eigenvalue weighted by Crippen LogP contribution is -2.70. The molecule has 0 aliphatic carbocycles. The molecule has 0 saturated carbocycles. The van der Waals surface area contributed by atoms with Crippen LogP contribution in [0, 0.1) is 0 Å². The maximum atomic E-state index is 12.8. The van der Waals surface area contributed by atoms with E-state index in [1.807, 2.05) is 0 Å². The number of fused-ring (bicyclic) bond motifs is 1. The number of carbonyl (C=O) groups is 3. The minimum absolute atomic E-state index is 0.00868. The number of aliphatic carboxylic acids is 1. The summed E-state index contributed by atoms with van der Waals surface area (Å²) in [5.41, 5.74) is 5.52. The molecule has 2 aromatic rings. The van der Waals surface area contributed by atoms with Gasteiger partial charge in [-0.3, -0.25) is 24.3 Å². The highest BCUT2D eigenvalue weighted by atomic mass is 35.5. The van der Waals surface area contributed by atoms with E-state index in [0.717, 1.165) is 0 Å². The Bertz CT molecular complexity index is 1380. The molecule has 2 aliphatic heterocycles. The first kappa shape index (κ1) is 27.5. The lowest BCUT2D eigenvalue weighted by Gasteiger charge is -2.49. The minimum Gasteiger partial charge on any atom is -0.477 e. The molecule has 1 aromatic heterocycles. The predicted octanol–water partition coefficient (Wildman–Crippen LogP) is 2.84. The van der Waals surface area contributed by atoms with Gasteiger partial charge in [0, 0.05) is 27.5 Å². The number of aromatic amines is 1. The van der Waals surface area contributed by atoms with Crippen LogP contribution in [0.4, 0.5) is 5.95 Å². The number of allylic oxidation sites excluding steroid dienone is 1. The zero-order chi connectivity index (χ0) is 26.7. The number of nitrogens with one attached hydrogen (secondary N) is 2. The van der Waals surface area contributed by atoms with Crippen LogP contribution in [0.15, 0.2) is 62.4 Å². The number of aromatic nitrogens is 2. The Morgan fingerprint density at radius 3 is 2.81 bits per heavy atom. The summed E-state index contributed by atoms with van der Waals surface area (Å²) in [7, 11) is 0. The van der Waals surface area contributed by atoms with Crippen molar-refractivity contribution in [3.8, 4) is 0 Å². The lowest BCUT2D eigenvalue weighted by molar-refractivity contribution is -0.150. The number of carbonyl (C=O) groups excluding carboxylic acids is 2. The fourth-order valence-electron chi connectivity index (χ4n) is 3.57. The van der Waals surface area contributed by atoms with Crippen LogP contribution in [-0.4, -0.2) is 66.4 Å². The number of anilines is 1. The van der Waals surface area contributed by atoms with Gasteiger partial charge >= 0.3 is 5.97 Å². The summed E-state index contributed by atoms with van der Waals surface area (Å²) < 4.78 is 0. The molecular formula is C22H19Cl2N5O5S3. The number of benzene rings is 1. The van der Waals surface area contributed by atoms with Crippen molar-refractivity contribution < 1.29 is 19.5 Å². The Labute approximate surface area is 233 Å². The molecule has 3 heterocycles. The summed E-state index contributed by atoms with van der Waals surface area (Å²) >= 11 is 15.9. The van der Waals surface area contributed by atoms with Gasteiger partial charge in [-0.25, -0.2) is 9.78 Å². The molecule has 0 spiro atoms. The number of nitrogen functional groups attached to an aromatic ring is 1. The summed E-state index contributed by atoms with van der Waals surface area (Å²) in [6.45, 7) is 0. The largest absolute Gasteiger partial charge is 0.477 e. The quantitative estimate of drug-likeness (QED) is 0.192. The van der Waals surface area contributed by atoms with Crippen molar-refractivity contribution in [3.63, 3.8) is 0 Å². The standard InChI is InChI=1S/C22H19Cl2N5O5S3/c23-11-3-4-12(24)13(6-11)36-9-15(31)26-17-19(32)29-18(21(33)34)10(8-37-20(17)29)2-1-5-35-16-7-14(30)27-22(25)28-16/h1-4,6-7,17,20H,5,8-9H2,(H,26,31)(H,33,34)(H3,25,27,28,30)/b2-1+/t17?,20-/m1/s1. The summed E-state index contributed by atoms with van der Waals surface area (Å²) in [6.07, 6.45) is 3.37. The average molecular weight is 601 g/mol. The average Bonchev–Trinajstić information content (AvgIpc) is 2.84. The molecule has 1 fully saturated rings. The third-order valence-corrected chi connectivity index (χ3v) is 9.05. The predicted molar refractivity (Wildman–Crippen MR) is 146 cm³/mol. The fourth-order valence-corrected chi connectivity index (χ4v) is 6.91. The van der Waals surface area contributed by atoms with E-state index >= 15 is 0 Å². The Morgan fingerprint density at radius 2 is 2.08 bits per heavy atom. The summed E-state index contributed by atoms with van der Waals surface area (Å²) in [6, 6.07) is 5.42. The second-order valence-corrected chi connectivity index (χ2v) is 11.7. The Hall–Kier alpha value is -2.58. The molecule has 2 amide bonds. The van der Waals surface area contributed by atoms with Crippen LogP contribution in [0.3, 0.4) is 0 Å². The molecule has 1 aromatic carbocycles. The molecule has 0 radical (unpaired) electrons. The summed E-state index contributed by atoms with van der Waals surface area (Å²) in [4.78, 5) is 57.0. The van der Waals surface area contributed by atoms with Gasteiger partial charge < -0.3 is 16.2 Å². The highest BCUT2D eigenvalue weighted by molar-refractivity contribution is 8.00.